The third-order valence-corrected chi connectivity index (χ3v) is 5.81. The number of aliphatic imine (C=N–C) groups is 1. The zero-order valence-electron chi connectivity index (χ0n) is 16.0. The molecule has 3 amide bonds. The molecule has 0 saturated carbocycles. The molecule has 0 aromatic heterocycles. The molecule has 0 N–H and O–H groups in total. The van der Waals surface area contributed by atoms with Gasteiger partial charge in [-0.3, -0.25) is 14.6 Å². The van der Waals surface area contributed by atoms with Crippen LogP contribution in [-0.4, -0.2) is 83.3 Å². The molecule has 144 valence electrons. The Hall–Kier alpha value is -2.41. The predicted molar refractivity (Wildman–Crippen MR) is 103 cm³/mol. The average molecular weight is 369 g/mol. The summed E-state index contributed by atoms with van der Waals surface area (Å²) in [7, 11) is 3.29. The van der Waals surface area contributed by atoms with Crippen molar-refractivity contribution in [1.82, 2.24) is 19.6 Å². The van der Waals surface area contributed by atoms with E-state index in [1.807, 2.05) is 18.2 Å². The highest BCUT2D eigenvalue weighted by Gasteiger charge is 2.50. The number of amidine groups is 1. The molecule has 27 heavy (non-hydrogen) atoms. The quantitative estimate of drug-likeness (QED) is 0.809. The van der Waals surface area contributed by atoms with Gasteiger partial charge in [-0.2, -0.15) is 0 Å². The summed E-state index contributed by atoms with van der Waals surface area (Å²) in [6.45, 7) is 3.49. The summed E-state index contributed by atoms with van der Waals surface area (Å²) < 4.78 is 0. The normalized spacial score (nSPS) is 26.4. The number of carbonyl (C=O) groups is 2. The maximum atomic E-state index is 13.0. The lowest BCUT2D eigenvalue weighted by molar-refractivity contribution is -0.136. The Balaban J connectivity index is 1.63. The average Bonchev–Trinajstić information content (AvgIpc) is 3.04. The first-order chi connectivity index (χ1) is 13.1. The molecule has 3 aliphatic heterocycles. The number of fused-ring (bicyclic) bond motifs is 1. The topological polar surface area (TPSA) is 59.5 Å². The SMILES string of the molecule is CN1C(=O)C2C(N=C(CN3CCCCC3)N2Cc2ccccc2)N(C)C1=O. The van der Waals surface area contributed by atoms with Crippen LogP contribution in [0.3, 0.4) is 0 Å². The molecule has 2 saturated heterocycles. The Morgan fingerprint density at radius 1 is 1.00 bits per heavy atom. The van der Waals surface area contributed by atoms with Gasteiger partial charge >= 0.3 is 6.03 Å². The van der Waals surface area contributed by atoms with E-state index in [0.717, 1.165) is 31.0 Å². The van der Waals surface area contributed by atoms with E-state index in [2.05, 4.69) is 21.9 Å². The van der Waals surface area contributed by atoms with Crippen LogP contribution >= 0.6 is 0 Å². The smallest absolute Gasteiger partial charge is 0.328 e. The minimum Gasteiger partial charge on any atom is -0.339 e. The van der Waals surface area contributed by atoms with E-state index >= 15 is 0 Å². The first kappa shape index (κ1) is 18.0. The van der Waals surface area contributed by atoms with Crippen LogP contribution in [0.5, 0.6) is 0 Å². The van der Waals surface area contributed by atoms with E-state index in [-0.39, 0.29) is 11.9 Å². The number of urea groups is 1. The molecule has 4 rings (SSSR count). The van der Waals surface area contributed by atoms with Crippen molar-refractivity contribution in [2.24, 2.45) is 4.99 Å². The number of rotatable bonds is 4. The van der Waals surface area contributed by atoms with Gasteiger partial charge in [0.1, 0.15) is 5.84 Å². The van der Waals surface area contributed by atoms with Gasteiger partial charge in [-0.15, -0.1) is 0 Å². The molecule has 0 radical (unpaired) electrons. The molecule has 0 bridgehead atoms. The number of imide groups is 1. The van der Waals surface area contributed by atoms with Gasteiger partial charge in [-0.25, -0.2) is 9.79 Å². The van der Waals surface area contributed by atoms with E-state index in [1.165, 1.54) is 24.2 Å². The second-order valence-corrected chi connectivity index (χ2v) is 7.64. The highest BCUT2D eigenvalue weighted by molar-refractivity contribution is 6.04. The van der Waals surface area contributed by atoms with Crippen molar-refractivity contribution in [3.8, 4) is 0 Å². The van der Waals surface area contributed by atoms with Gasteiger partial charge < -0.3 is 9.80 Å². The van der Waals surface area contributed by atoms with Gasteiger partial charge in [0, 0.05) is 20.6 Å². The van der Waals surface area contributed by atoms with E-state index in [1.54, 1.807) is 19.0 Å². The van der Waals surface area contributed by atoms with Crippen LogP contribution < -0.4 is 0 Å². The van der Waals surface area contributed by atoms with Crippen molar-refractivity contribution in [3.63, 3.8) is 0 Å². The number of carbonyl (C=O) groups excluding carboxylic acids is 2. The van der Waals surface area contributed by atoms with Gasteiger partial charge in [0.15, 0.2) is 12.2 Å². The fourth-order valence-corrected chi connectivity index (χ4v) is 4.24. The van der Waals surface area contributed by atoms with Crippen molar-refractivity contribution in [1.29, 1.82) is 0 Å². The fraction of sp³-hybridized carbons (Fsp3) is 0.550. The molecule has 0 aliphatic carbocycles. The van der Waals surface area contributed by atoms with Crippen molar-refractivity contribution in [3.05, 3.63) is 35.9 Å². The van der Waals surface area contributed by atoms with Crippen molar-refractivity contribution in [2.45, 2.75) is 38.0 Å². The number of piperidine rings is 1. The Morgan fingerprint density at radius 2 is 1.70 bits per heavy atom. The number of hydrogen-bond acceptors (Lipinski definition) is 5. The fourth-order valence-electron chi connectivity index (χ4n) is 4.24. The third-order valence-electron chi connectivity index (χ3n) is 5.81. The predicted octanol–water partition coefficient (Wildman–Crippen LogP) is 1.61. The number of nitrogens with zero attached hydrogens (tertiary/aromatic N) is 5. The summed E-state index contributed by atoms with van der Waals surface area (Å²) in [5.41, 5.74) is 1.14. The molecule has 0 spiro atoms. The minimum atomic E-state index is -0.447. The molecule has 2 atom stereocenters. The number of likely N-dealkylation sites (N-methyl/N-ethyl adjacent to an activating group) is 2. The molecular formula is C20H27N5O2. The number of benzene rings is 1. The standard InChI is InChI=1S/C20H27N5O2/c1-22-18-17(19(26)23(2)20(22)27)25(13-15-9-5-3-6-10-15)16(21-18)14-24-11-7-4-8-12-24/h3,5-6,9-10,17-18H,4,7-8,11-14H2,1-2H3. The molecule has 7 heteroatoms. The van der Waals surface area contributed by atoms with E-state index in [4.69, 9.17) is 4.99 Å². The van der Waals surface area contributed by atoms with Gasteiger partial charge in [0.25, 0.3) is 5.91 Å². The van der Waals surface area contributed by atoms with Crippen LogP contribution in [-0.2, 0) is 11.3 Å². The highest BCUT2D eigenvalue weighted by Crippen LogP contribution is 2.29. The maximum Gasteiger partial charge on any atom is 0.328 e. The lowest BCUT2D eigenvalue weighted by Gasteiger charge is -2.40. The molecule has 2 unspecified atom stereocenters. The second kappa shape index (κ2) is 7.31. The Kier molecular flexibility index (Phi) is 4.86. The lowest BCUT2D eigenvalue weighted by Crippen LogP contribution is -2.64. The van der Waals surface area contributed by atoms with E-state index < -0.39 is 12.2 Å². The van der Waals surface area contributed by atoms with Crippen molar-refractivity contribution in [2.75, 3.05) is 33.7 Å². The van der Waals surface area contributed by atoms with Crippen LogP contribution in [0.15, 0.2) is 35.3 Å². The molecule has 2 fully saturated rings. The highest BCUT2D eigenvalue weighted by atomic mass is 16.2. The van der Waals surface area contributed by atoms with Gasteiger partial charge in [0.2, 0.25) is 0 Å². The van der Waals surface area contributed by atoms with Gasteiger partial charge in [-0.05, 0) is 31.5 Å². The van der Waals surface area contributed by atoms with Crippen LogP contribution in [0.25, 0.3) is 0 Å². The second-order valence-electron chi connectivity index (χ2n) is 7.64. The lowest BCUT2D eigenvalue weighted by atomic mass is 10.1. The summed E-state index contributed by atoms with van der Waals surface area (Å²) >= 11 is 0. The number of hydrogen-bond donors (Lipinski definition) is 0. The zero-order valence-corrected chi connectivity index (χ0v) is 16.0. The van der Waals surface area contributed by atoms with E-state index in [0.29, 0.717) is 6.54 Å². The maximum absolute atomic E-state index is 13.0. The molecule has 3 aliphatic rings. The van der Waals surface area contributed by atoms with Crippen LogP contribution in [0.4, 0.5) is 4.79 Å². The van der Waals surface area contributed by atoms with Crippen LogP contribution in [0.1, 0.15) is 24.8 Å². The molecule has 1 aromatic rings. The number of likely N-dealkylation sites (tertiary alicyclic amines) is 1. The minimum absolute atomic E-state index is 0.170. The Bertz CT molecular complexity index is 744. The molecule has 7 nitrogen and oxygen atoms in total. The monoisotopic (exact) mass is 369 g/mol. The first-order valence-corrected chi connectivity index (χ1v) is 9.70. The molecular weight excluding hydrogens is 342 g/mol. The zero-order chi connectivity index (χ0) is 19.0. The van der Waals surface area contributed by atoms with Gasteiger partial charge in [-0.1, -0.05) is 36.8 Å². The third kappa shape index (κ3) is 3.32. The summed E-state index contributed by atoms with van der Waals surface area (Å²) in [6, 6.07) is 9.41. The van der Waals surface area contributed by atoms with Crippen molar-refractivity contribution >= 4 is 17.8 Å². The van der Waals surface area contributed by atoms with Crippen LogP contribution in [0, 0.1) is 0 Å². The summed E-state index contributed by atoms with van der Waals surface area (Å²) in [5.74, 6) is 0.746. The van der Waals surface area contributed by atoms with Crippen molar-refractivity contribution < 1.29 is 9.59 Å². The largest absolute Gasteiger partial charge is 0.339 e. The molecule has 1 aromatic carbocycles. The van der Waals surface area contributed by atoms with E-state index in [9.17, 15) is 9.59 Å². The summed E-state index contributed by atoms with van der Waals surface area (Å²) in [6.07, 6.45) is 3.25. The van der Waals surface area contributed by atoms with Crippen LogP contribution in [0.2, 0.25) is 0 Å². The first-order valence-electron chi connectivity index (χ1n) is 9.70. The number of amides is 3. The Morgan fingerprint density at radius 3 is 2.41 bits per heavy atom. The summed E-state index contributed by atoms with van der Waals surface area (Å²) in [5, 5.41) is 0. The van der Waals surface area contributed by atoms with Gasteiger partial charge in [0.05, 0.1) is 6.54 Å². The summed E-state index contributed by atoms with van der Waals surface area (Å²) in [4.78, 5) is 37.5. The Labute approximate surface area is 160 Å². The molecule has 3 heterocycles.